The molecule has 0 aromatic carbocycles. The summed E-state index contributed by atoms with van der Waals surface area (Å²) in [4.78, 5) is 4.48. The molecule has 18 heavy (non-hydrogen) atoms. The van der Waals surface area contributed by atoms with E-state index in [1.165, 1.54) is 0 Å². The third-order valence-corrected chi connectivity index (χ3v) is 2.60. The number of aromatic nitrogens is 2. The molecular weight excluding hydrogens is 248 g/mol. The predicted octanol–water partition coefficient (Wildman–Crippen LogP) is 2.92. The Balaban J connectivity index is 3.00. The second kappa shape index (κ2) is 6.81. The fraction of sp³-hybridized carbons (Fsp3) is 0.231. The quantitative estimate of drug-likeness (QED) is 0.516. The summed E-state index contributed by atoms with van der Waals surface area (Å²) in [5.74, 6) is 1.55. The lowest BCUT2D eigenvalue weighted by Gasteiger charge is -2.05. The van der Waals surface area contributed by atoms with Gasteiger partial charge in [0.25, 0.3) is 0 Å². The third kappa shape index (κ3) is 3.89. The molecule has 0 aliphatic heterocycles. The minimum atomic E-state index is 0.588. The Morgan fingerprint density at radius 3 is 2.78 bits per heavy atom. The van der Waals surface area contributed by atoms with Crippen molar-refractivity contribution in [2.45, 2.75) is 6.92 Å². The van der Waals surface area contributed by atoms with Gasteiger partial charge in [0.2, 0.25) is 0 Å². The standard InChI is InChI=1S/C13H17ClN4/c1-5-11(14)7-6-10(2)13(15-3)17-12-8-9-16-18(12)4/h5-9H,1H2,2-4H3,(H,15,17)/b10-6+,11-7+. The first-order valence-corrected chi connectivity index (χ1v) is 5.87. The van der Waals surface area contributed by atoms with E-state index in [-0.39, 0.29) is 0 Å². The van der Waals surface area contributed by atoms with Crippen LogP contribution < -0.4 is 5.32 Å². The van der Waals surface area contributed by atoms with Gasteiger partial charge in [-0.1, -0.05) is 30.3 Å². The van der Waals surface area contributed by atoms with E-state index in [2.05, 4.69) is 22.0 Å². The average molecular weight is 265 g/mol. The number of aliphatic imine (C=N–C) groups is 1. The van der Waals surface area contributed by atoms with Gasteiger partial charge in [-0.05, 0) is 18.6 Å². The van der Waals surface area contributed by atoms with Gasteiger partial charge in [-0.25, -0.2) is 4.99 Å². The molecule has 0 bridgehead atoms. The van der Waals surface area contributed by atoms with Crippen LogP contribution in [0.1, 0.15) is 6.92 Å². The molecule has 1 rings (SSSR count). The van der Waals surface area contributed by atoms with Crippen LogP contribution in [0.4, 0.5) is 5.82 Å². The molecule has 0 radical (unpaired) electrons. The molecule has 1 aromatic rings. The van der Waals surface area contributed by atoms with Crippen molar-refractivity contribution in [1.82, 2.24) is 15.1 Å². The number of likely N-dealkylation sites (N-methyl/N-ethyl adjacent to an activating group) is 1. The lowest BCUT2D eigenvalue weighted by molar-refractivity contribution is 0.769. The molecule has 1 aromatic heterocycles. The molecule has 0 fully saturated rings. The van der Waals surface area contributed by atoms with Crippen LogP contribution in [-0.2, 0) is 7.05 Å². The molecule has 96 valence electrons. The number of allylic oxidation sites excluding steroid dienone is 4. The van der Waals surface area contributed by atoms with Gasteiger partial charge in [-0.3, -0.25) is 4.68 Å². The zero-order chi connectivity index (χ0) is 13.5. The van der Waals surface area contributed by atoms with Crippen molar-refractivity contribution in [1.29, 1.82) is 0 Å². The van der Waals surface area contributed by atoms with Crippen LogP contribution in [0.5, 0.6) is 0 Å². The molecule has 0 saturated heterocycles. The Bertz CT molecular complexity index is 509. The van der Waals surface area contributed by atoms with E-state index in [4.69, 9.17) is 11.6 Å². The van der Waals surface area contributed by atoms with E-state index < -0.39 is 0 Å². The SMILES string of the molecule is C=C\C(Cl)=C/C=C(C)/C(=N/c1ccnn1C)NC. The monoisotopic (exact) mass is 264 g/mol. The topological polar surface area (TPSA) is 42.2 Å². The Kier molecular flexibility index (Phi) is 5.39. The van der Waals surface area contributed by atoms with Gasteiger partial charge in [0.15, 0.2) is 5.82 Å². The van der Waals surface area contributed by atoms with Crippen molar-refractivity contribution >= 4 is 23.3 Å². The van der Waals surface area contributed by atoms with Crippen molar-refractivity contribution in [3.05, 3.63) is 47.7 Å². The number of rotatable bonds is 4. The van der Waals surface area contributed by atoms with Crippen LogP contribution in [0.2, 0.25) is 0 Å². The Labute approximate surface area is 112 Å². The van der Waals surface area contributed by atoms with E-state index in [1.54, 1.807) is 23.0 Å². The molecule has 1 heterocycles. The summed E-state index contributed by atoms with van der Waals surface area (Å²) in [6.45, 7) is 5.54. The number of halogens is 1. The molecular formula is C13H17ClN4. The molecule has 4 nitrogen and oxygen atoms in total. The summed E-state index contributed by atoms with van der Waals surface area (Å²) in [6.07, 6.45) is 6.96. The highest BCUT2D eigenvalue weighted by molar-refractivity contribution is 6.31. The van der Waals surface area contributed by atoms with Crippen molar-refractivity contribution in [3.63, 3.8) is 0 Å². The van der Waals surface area contributed by atoms with Crippen LogP contribution >= 0.6 is 11.6 Å². The Hall–Kier alpha value is -1.81. The van der Waals surface area contributed by atoms with Gasteiger partial charge < -0.3 is 5.32 Å². The molecule has 0 aliphatic carbocycles. The van der Waals surface area contributed by atoms with Crippen molar-refractivity contribution in [3.8, 4) is 0 Å². The largest absolute Gasteiger partial charge is 0.373 e. The van der Waals surface area contributed by atoms with Crippen LogP contribution in [0, 0.1) is 0 Å². The number of nitrogens with zero attached hydrogens (tertiary/aromatic N) is 3. The molecule has 0 amide bonds. The smallest absolute Gasteiger partial charge is 0.152 e. The van der Waals surface area contributed by atoms with Crippen LogP contribution in [0.25, 0.3) is 0 Å². The lowest BCUT2D eigenvalue weighted by atomic mass is 10.2. The number of hydrogen-bond acceptors (Lipinski definition) is 2. The predicted molar refractivity (Wildman–Crippen MR) is 77.3 cm³/mol. The van der Waals surface area contributed by atoms with Crippen molar-refractivity contribution in [2.24, 2.45) is 12.0 Å². The molecule has 5 heteroatoms. The number of hydrogen-bond donors (Lipinski definition) is 1. The van der Waals surface area contributed by atoms with Crippen LogP contribution in [-0.4, -0.2) is 22.7 Å². The second-order valence-corrected chi connectivity index (χ2v) is 4.07. The van der Waals surface area contributed by atoms with Gasteiger partial charge in [0.1, 0.15) is 5.84 Å². The van der Waals surface area contributed by atoms with Crippen LogP contribution in [0.15, 0.2) is 52.7 Å². The summed E-state index contributed by atoms with van der Waals surface area (Å²) in [5.41, 5.74) is 0.971. The van der Waals surface area contributed by atoms with Gasteiger partial charge in [0.05, 0.1) is 6.20 Å². The molecule has 1 N–H and O–H groups in total. The molecule has 0 unspecified atom stereocenters. The third-order valence-electron chi connectivity index (χ3n) is 2.32. The summed E-state index contributed by atoms with van der Waals surface area (Å²) >= 11 is 5.85. The van der Waals surface area contributed by atoms with E-state index in [0.29, 0.717) is 5.03 Å². The molecule has 0 aliphatic rings. The molecule has 0 spiro atoms. The first-order valence-electron chi connectivity index (χ1n) is 5.49. The van der Waals surface area contributed by atoms with Crippen molar-refractivity contribution < 1.29 is 0 Å². The van der Waals surface area contributed by atoms with Crippen molar-refractivity contribution in [2.75, 3.05) is 7.05 Å². The Morgan fingerprint density at radius 2 is 2.28 bits per heavy atom. The Morgan fingerprint density at radius 1 is 1.56 bits per heavy atom. The first-order chi connectivity index (χ1) is 8.58. The van der Waals surface area contributed by atoms with E-state index in [1.807, 2.05) is 33.2 Å². The number of aryl methyl sites for hydroxylation is 1. The van der Waals surface area contributed by atoms with Gasteiger partial charge >= 0.3 is 0 Å². The normalized spacial score (nSPS) is 13.7. The highest BCUT2D eigenvalue weighted by atomic mass is 35.5. The summed E-state index contributed by atoms with van der Waals surface area (Å²) in [6, 6.07) is 1.84. The maximum Gasteiger partial charge on any atom is 0.152 e. The summed E-state index contributed by atoms with van der Waals surface area (Å²) in [7, 11) is 3.67. The highest BCUT2D eigenvalue weighted by Crippen LogP contribution is 2.11. The maximum atomic E-state index is 5.85. The van der Waals surface area contributed by atoms with E-state index in [0.717, 1.165) is 17.2 Å². The maximum absolute atomic E-state index is 5.85. The minimum Gasteiger partial charge on any atom is -0.373 e. The van der Waals surface area contributed by atoms with Crippen LogP contribution in [0.3, 0.4) is 0 Å². The summed E-state index contributed by atoms with van der Waals surface area (Å²) in [5, 5.41) is 7.71. The average Bonchev–Trinajstić information content (AvgIpc) is 2.78. The first kappa shape index (κ1) is 14.3. The van der Waals surface area contributed by atoms with E-state index >= 15 is 0 Å². The number of nitrogens with one attached hydrogen (secondary N) is 1. The molecule has 0 saturated carbocycles. The minimum absolute atomic E-state index is 0.588. The highest BCUT2D eigenvalue weighted by Gasteiger charge is 2.01. The zero-order valence-electron chi connectivity index (χ0n) is 10.8. The fourth-order valence-corrected chi connectivity index (χ4v) is 1.35. The fourth-order valence-electron chi connectivity index (χ4n) is 1.28. The second-order valence-electron chi connectivity index (χ2n) is 3.63. The number of amidine groups is 1. The van der Waals surface area contributed by atoms with E-state index in [9.17, 15) is 0 Å². The lowest BCUT2D eigenvalue weighted by Crippen LogP contribution is -2.19. The van der Waals surface area contributed by atoms with Gasteiger partial charge in [-0.15, -0.1) is 0 Å². The summed E-state index contributed by atoms with van der Waals surface area (Å²) < 4.78 is 1.71. The van der Waals surface area contributed by atoms with Gasteiger partial charge in [0, 0.05) is 25.2 Å². The molecule has 0 atom stereocenters. The zero-order valence-corrected chi connectivity index (χ0v) is 11.6. The van der Waals surface area contributed by atoms with Gasteiger partial charge in [-0.2, -0.15) is 5.10 Å².